The standard InChI is InChI=1S/C15H24N4O2S/c1-3-5-11(17-14(16)21)13(20)19-15-18-10-7-6-9(4-2)8-12(10)22-15/h9,11H,3-8H2,1-2H3,(H3,16,17,21)(H,18,19,20)/t9?,11-/m1/s1. The van der Waals surface area contributed by atoms with Crippen molar-refractivity contribution in [3.63, 3.8) is 0 Å². The average Bonchev–Trinajstić information content (AvgIpc) is 2.87. The van der Waals surface area contributed by atoms with Gasteiger partial charge in [0.2, 0.25) is 5.91 Å². The molecule has 0 bridgehead atoms. The Kier molecular flexibility index (Phi) is 5.76. The van der Waals surface area contributed by atoms with Crippen molar-refractivity contribution in [2.75, 3.05) is 5.32 Å². The van der Waals surface area contributed by atoms with E-state index in [-0.39, 0.29) is 5.91 Å². The van der Waals surface area contributed by atoms with E-state index in [2.05, 4.69) is 22.5 Å². The number of fused-ring (bicyclic) bond motifs is 1. The largest absolute Gasteiger partial charge is 0.352 e. The van der Waals surface area contributed by atoms with Gasteiger partial charge in [-0.3, -0.25) is 4.79 Å². The number of urea groups is 1. The van der Waals surface area contributed by atoms with Gasteiger partial charge in [-0.2, -0.15) is 0 Å². The number of thiazole rings is 1. The van der Waals surface area contributed by atoms with Crippen LogP contribution in [0.3, 0.4) is 0 Å². The molecule has 0 saturated heterocycles. The van der Waals surface area contributed by atoms with Crippen LogP contribution in [0, 0.1) is 5.92 Å². The predicted molar refractivity (Wildman–Crippen MR) is 88.0 cm³/mol. The first kappa shape index (κ1) is 16.7. The number of nitrogens with two attached hydrogens (primary N) is 1. The number of nitrogens with zero attached hydrogens (tertiary/aromatic N) is 1. The number of hydrogen-bond donors (Lipinski definition) is 3. The molecule has 0 radical (unpaired) electrons. The lowest BCUT2D eigenvalue weighted by atomic mass is 9.89. The van der Waals surface area contributed by atoms with Crippen LogP contribution >= 0.6 is 11.3 Å². The minimum atomic E-state index is -0.683. The molecule has 1 aromatic heterocycles. The van der Waals surface area contributed by atoms with Gasteiger partial charge in [0.05, 0.1) is 5.69 Å². The molecule has 0 aromatic carbocycles. The van der Waals surface area contributed by atoms with Crippen LogP contribution in [0.5, 0.6) is 0 Å². The molecule has 4 N–H and O–H groups in total. The number of amides is 3. The van der Waals surface area contributed by atoms with E-state index < -0.39 is 12.1 Å². The number of rotatable bonds is 6. The Morgan fingerprint density at radius 2 is 2.23 bits per heavy atom. The SMILES string of the molecule is CCC[C@@H](NC(N)=O)C(=O)Nc1nc2c(s1)CC(CC)CC2. The molecule has 2 atom stereocenters. The molecule has 1 aliphatic carbocycles. The van der Waals surface area contributed by atoms with Crippen LogP contribution in [0.1, 0.15) is 50.1 Å². The van der Waals surface area contributed by atoms with Crippen molar-refractivity contribution >= 4 is 28.4 Å². The van der Waals surface area contributed by atoms with Gasteiger partial charge < -0.3 is 16.4 Å². The van der Waals surface area contributed by atoms with Crippen molar-refractivity contribution in [2.24, 2.45) is 11.7 Å². The molecule has 2 rings (SSSR count). The van der Waals surface area contributed by atoms with E-state index in [1.54, 1.807) is 11.3 Å². The zero-order valence-electron chi connectivity index (χ0n) is 13.1. The number of aromatic nitrogens is 1. The van der Waals surface area contributed by atoms with Crippen LogP contribution in [0.15, 0.2) is 0 Å². The van der Waals surface area contributed by atoms with Crippen molar-refractivity contribution < 1.29 is 9.59 Å². The molecule has 6 nitrogen and oxygen atoms in total. The van der Waals surface area contributed by atoms with Crippen molar-refractivity contribution in [1.82, 2.24) is 10.3 Å². The number of carbonyl (C=O) groups is 2. The normalized spacial score (nSPS) is 18.4. The van der Waals surface area contributed by atoms with Crippen LogP contribution in [0.4, 0.5) is 9.93 Å². The van der Waals surface area contributed by atoms with Crippen LogP contribution in [0.25, 0.3) is 0 Å². The smallest absolute Gasteiger partial charge is 0.312 e. The molecule has 7 heteroatoms. The fourth-order valence-electron chi connectivity index (χ4n) is 2.77. The van der Waals surface area contributed by atoms with Crippen molar-refractivity contribution in [1.29, 1.82) is 0 Å². The summed E-state index contributed by atoms with van der Waals surface area (Å²) in [4.78, 5) is 29.0. The number of aryl methyl sites for hydroxylation is 1. The predicted octanol–water partition coefficient (Wildman–Crippen LogP) is 2.43. The highest BCUT2D eigenvalue weighted by molar-refractivity contribution is 7.15. The Morgan fingerprint density at radius 3 is 2.86 bits per heavy atom. The Balaban J connectivity index is 2.02. The zero-order chi connectivity index (χ0) is 16.1. The van der Waals surface area contributed by atoms with Crippen molar-refractivity contribution in [3.8, 4) is 0 Å². The minimum absolute atomic E-state index is 0.251. The van der Waals surface area contributed by atoms with Crippen LogP contribution in [0.2, 0.25) is 0 Å². The fourth-order valence-corrected chi connectivity index (χ4v) is 3.89. The van der Waals surface area contributed by atoms with Crippen LogP contribution < -0.4 is 16.4 Å². The van der Waals surface area contributed by atoms with Gasteiger partial charge in [0, 0.05) is 4.88 Å². The summed E-state index contributed by atoms with van der Waals surface area (Å²) in [6.45, 7) is 4.17. The Bertz CT molecular complexity index is 544. The highest BCUT2D eigenvalue weighted by atomic mass is 32.1. The van der Waals surface area contributed by atoms with Gasteiger partial charge >= 0.3 is 6.03 Å². The number of nitrogens with one attached hydrogen (secondary N) is 2. The second kappa shape index (κ2) is 7.58. The van der Waals surface area contributed by atoms with Crippen molar-refractivity contribution in [2.45, 2.75) is 58.4 Å². The van der Waals surface area contributed by atoms with E-state index in [1.807, 2.05) is 6.92 Å². The number of carbonyl (C=O) groups excluding carboxylic acids is 2. The average molecular weight is 324 g/mol. The summed E-state index contributed by atoms with van der Waals surface area (Å²) < 4.78 is 0. The molecule has 22 heavy (non-hydrogen) atoms. The highest BCUT2D eigenvalue weighted by Crippen LogP contribution is 2.33. The van der Waals surface area contributed by atoms with E-state index in [0.29, 0.717) is 11.6 Å². The quantitative estimate of drug-likeness (QED) is 0.749. The lowest BCUT2D eigenvalue weighted by Gasteiger charge is -2.18. The fraction of sp³-hybridized carbons (Fsp3) is 0.667. The van der Waals surface area contributed by atoms with Gasteiger partial charge in [-0.25, -0.2) is 9.78 Å². The maximum absolute atomic E-state index is 12.3. The van der Waals surface area contributed by atoms with E-state index >= 15 is 0 Å². The van der Waals surface area contributed by atoms with Crippen LogP contribution in [-0.4, -0.2) is 23.0 Å². The van der Waals surface area contributed by atoms with E-state index in [9.17, 15) is 9.59 Å². The molecular formula is C15H24N4O2S. The Labute approximate surface area is 134 Å². The van der Waals surface area contributed by atoms with Gasteiger partial charge in [-0.1, -0.05) is 26.7 Å². The maximum Gasteiger partial charge on any atom is 0.312 e. The molecule has 0 spiro atoms. The monoisotopic (exact) mass is 324 g/mol. The summed E-state index contributed by atoms with van der Waals surface area (Å²) in [6, 6.07) is -1.29. The van der Waals surface area contributed by atoms with Gasteiger partial charge in [0.1, 0.15) is 6.04 Å². The third-order valence-corrected chi connectivity index (χ3v) is 5.09. The van der Waals surface area contributed by atoms with E-state index in [4.69, 9.17) is 5.73 Å². The molecule has 3 amide bonds. The van der Waals surface area contributed by atoms with Crippen molar-refractivity contribution in [3.05, 3.63) is 10.6 Å². The Morgan fingerprint density at radius 1 is 1.45 bits per heavy atom. The Hall–Kier alpha value is -1.63. The molecule has 1 heterocycles. The maximum atomic E-state index is 12.3. The summed E-state index contributed by atoms with van der Waals surface area (Å²) in [6.07, 6.45) is 5.72. The second-order valence-electron chi connectivity index (χ2n) is 5.75. The molecule has 0 aliphatic heterocycles. The molecule has 1 aromatic rings. The summed E-state index contributed by atoms with van der Waals surface area (Å²) >= 11 is 1.55. The molecule has 0 saturated carbocycles. The van der Waals surface area contributed by atoms with Crippen LogP contribution in [-0.2, 0) is 17.6 Å². The minimum Gasteiger partial charge on any atom is -0.352 e. The second-order valence-corrected chi connectivity index (χ2v) is 6.83. The summed E-state index contributed by atoms with van der Waals surface area (Å²) in [5, 5.41) is 5.93. The molecule has 1 aliphatic rings. The molecular weight excluding hydrogens is 300 g/mol. The number of anilines is 1. The summed E-state index contributed by atoms with van der Waals surface area (Å²) in [5.74, 6) is 0.472. The van der Waals surface area contributed by atoms with Gasteiger partial charge in [0.25, 0.3) is 0 Å². The molecule has 122 valence electrons. The lowest BCUT2D eigenvalue weighted by molar-refractivity contribution is -0.118. The summed E-state index contributed by atoms with van der Waals surface area (Å²) in [5.41, 5.74) is 6.23. The molecule has 1 unspecified atom stereocenters. The first-order valence-electron chi connectivity index (χ1n) is 7.88. The zero-order valence-corrected chi connectivity index (χ0v) is 14.0. The summed E-state index contributed by atoms with van der Waals surface area (Å²) in [7, 11) is 0. The van der Waals surface area contributed by atoms with Gasteiger partial charge in [0.15, 0.2) is 5.13 Å². The van der Waals surface area contributed by atoms with E-state index in [1.165, 1.54) is 17.7 Å². The third kappa shape index (κ3) is 4.19. The molecule has 0 fully saturated rings. The number of primary amides is 1. The number of hydrogen-bond acceptors (Lipinski definition) is 4. The first-order chi connectivity index (χ1) is 10.5. The third-order valence-electron chi connectivity index (χ3n) is 4.06. The van der Waals surface area contributed by atoms with Gasteiger partial charge in [-0.15, -0.1) is 11.3 Å². The van der Waals surface area contributed by atoms with E-state index in [0.717, 1.165) is 30.9 Å². The highest BCUT2D eigenvalue weighted by Gasteiger charge is 2.24. The first-order valence-corrected chi connectivity index (χ1v) is 8.70. The topological polar surface area (TPSA) is 97.1 Å². The lowest BCUT2D eigenvalue weighted by Crippen LogP contribution is -2.46. The van der Waals surface area contributed by atoms with Gasteiger partial charge in [-0.05, 0) is 31.6 Å².